The highest BCUT2D eigenvalue weighted by molar-refractivity contribution is 6.33. The van der Waals surface area contributed by atoms with Crippen molar-refractivity contribution in [1.29, 1.82) is 0 Å². The van der Waals surface area contributed by atoms with Crippen LogP contribution in [0.2, 0.25) is 5.02 Å². The van der Waals surface area contributed by atoms with Crippen molar-refractivity contribution in [2.75, 3.05) is 10.6 Å². The van der Waals surface area contributed by atoms with Crippen LogP contribution in [0.25, 0.3) is 22.2 Å². The molecule has 9 nitrogen and oxygen atoms in total. The monoisotopic (exact) mass is 560 g/mol. The van der Waals surface area contributed by atoms with E-state index in [4.69, 9.17) is 21.3 Å². The molecule has 40 heavy (non-hydrogen) atoms. The van der Waals surface area contributed by atoms with Gasteiger partial charge in [0.2, 0.25) is 5.95 Å². The number of fused-ring (bicyclic) bond motifs is 1. The first-order chi connectivity index (χ1) is 19.1. The van der Waals surface area contributed by atoms with Crippen molar-refractivity contribution in [2.45, 2.75) is 64.1 Å². The fourth-order valence-electron chi connectivity index (χ4n) is 4.92. The molecule has 0 saturated heterocycles. The van der Waals surface area contributed by atoms with Crippen molar-refractivity contribution in [3.63, 3.8) is 0 Å². The Labute approximate surface area is 238 Å². The molecule has 1 aliphatic rings. The molecule has 1 aliphatic carbocycles. The van der Waals surface area contributed by atoms with Crippen LogP contribution in [-0.4, -0.2) is 44.6 Å². The molecule has 2 aromatic heterocycles. The molecule has 0 bridgehead atoms. The lowest BCUT2D eigenvalue weighted by atomic mass is 9.91. The van der Waals surface area contributed by atoms with E-state index in [2.05, 4.69) is 25.9 Å². The van der Waals surface area contributed by atoms with Crippen molar-refractivity contribution < 1.29 is 14.3 Å². The van der Waals surface area contributed by atoms with Crippen molar-refractivity contribution in [3.05, 3.63) is 71.5 Å². The van der Waals surface area contributed by atoms with Gasteiger partial charge >= 0.3 is 6.09 Å². The minimum absolute atomic E-state index is 0.0127. The molecule has 2 heterocycles. The second kappa shape index (κ2) is 11.6. The van der Waals surface area contributed by atoms with Gasteiger partial charge in [0.05, 0.1) is 16.9 Å². The van der Waals surface area contributed by atoms with Crippen LogP contribution in [0.3, 0.4) is 0 Å². The van der Waals surface area contributed by atoms with E-state index in [0.29, 0.717) is 27.9 Å². The number of carbonyl (C=O) groups excluding carboxylic acids is 2. The minimum Gasteiger partial charge on any atom is -0.444 e. The van der Waals surface area contributed by atoms with E-state index in [0.717, 1.165) is 42.1 Å². The maximum absolute atomic E-state index is 12.9. The van der Waals surface area contributed by atoms with Gasteiger partial charge < -0.3 is 20.4 Å². The Kier molecular flexibility index (Phi) is 7.93. The van der Waals surface area contributed by atoms with Crippen molar-refractivity contribution in [1.82, 2.24) is 20.3 Å². The molecule has 2 aromatic carbocycles. The zero-order chi connectivity index (χ0) is 28.3. The van der Waals surface area contributed by atoms with Gasteiger partial charge in [-0.2, -0.15) is 0 Å². The van der Waals surface area contributed by atoms with E-state index in [1.165, 1.54) is 0 Å². The molecule has 0 spiro atoms. The fraction of sp³-hybridized carbons (Fsp3) is 0.333. The van der Waals surface area contributed by atoms with Crippen LogP contribution < -0.4 is 16.0 Å². The van der Waals surface area contributed by atoms with Gasteiger partial charge in [-0.3, -0.25) is 10.1 Å². The highest BCUT2D eigenvalue weighted by Gasteiger charge is 2.25. The normalized spacial score (nSPS) is 17.3. The minimum atomic E-state index is -0.587. The number of anilines is 2. The number of H-pyrrole nitrogens is 1. The van der Waals surface area contributed by atoms with E-state index in [9.17, 15) is 9.59 Å². The number of hydrogen-bond donors (Lipinski definition) is 4. The van der Waals surface area contributed by atoms with Crippen LogP contribution in [0.15, 0.2) is 60.9 Å². The molecule has 0 radical (unpaired) electrons. The number of para-hydroxylation sites is 1. The van der Waals surface area contributed by atoms with E-state index in [-0.39, 0.29) is 18.0 Å². The lowest BCUT2D eigenvalue weighted by Gasteiger charge is -2.30. The first-order valence-corrected chi connectivity index (χ1v) is 13.8. The molecule has 10 heteroatoms. The molecule has 1 saturated carbocycles. The lowest BCUT2D eigenvalue weighted by molar-refractivity contribution is 0.0635. The molecule has 2 amide bonds. The average molecular weight is 561 g/mol. The van der Waals surface area contributed by atoms with Crippen molar-refractivity contribution in [3.8, 4) is 11.3 Å². The molecule has 2 atom stereocenters. The Balaban J connectivity index is 1.19. The highest BCUT2D eigenvalue weighted by atomic mass is 35.5. The summed E-state index contributed by atoms with van der Waals surface area (Å²) < 4.78 is 5.27. The number of nitrogens with one attached hydrogen (secondary N) is 4. The highest BCUT2D eigenvalue weighted by Crippen LogP contribution is 2.32. The number of hydrogen-bond acceptors (Lipinski definition) is 6. The molecule has 208 valence electrons. The predicted molar refractivity (Wildman–Crippen MR) is 158 cm³/mol. The standard InChI is InChI=1S/C30H33ClN6O3/c1-30(2,3)40-29(39)36-19-13-11-18(12-14-19)27(38)34-20-7-6-8-21(15-20)35-28-33-17-24(31)26(37-28)23-16-32-25-10-5-4-9-22(23)25/h4-5,9-14,16-17,20-21,32H,6-8,15H2,1-3H3,(H,34,38)(H,36,39)(H,33,35,37)/t20?,21-/m1/s1. The fourth-order valence-corrected chi connectivity index (χ4v) is 5.12. The third-order valence-electron chi connectivity index (χ3n) is 6.72. The van der Waals surface area contributed by atoms with Crippen LogP contribution in [0.4, 0.5) is 16.4 Å². The predicted octanol–water partition coefficient (Wildman–Crippen LogP) is 6.78. The number of amides is 2. The summed E-state index contributed by atoms with van der Waals surface area (Å²) >= 11 is 6.49. The first-order valence-electron chi connectivity index (χ1n) is 13.4. The Morgan fingerprint density at radius 3 is 2.58 bits per heavy atom. The van der Waals surface area contributed by atoms with Gasteiger partial charge in [0.25, 0.3) is 5.91 Å². The van der Waals surface area contributed by atoms with Crippen molar-refractivity contribution in [2.24, 2.45) is 0 Å². The SMILES string of the molecule is CC(C)(C)OC(=O)Nc1ccc(C(=O)NC2CCC[C@@H](Nc3ncc(Cl)c(-c4c[nH]c5ccccc45)n3)C2)cc1. The van der Waals surface area contributed by atoms with Gasteiger partial charge in [-0.15, -0.1) is 0 Å². The molecule has 4 N–H and O–H groups in total. The van der Waals surface area contributed by atoms with Crippen LogP contribution in [0.5, 0.6) is 0 Å². The van der Waals surface area contributed by atoms with Gasteiger partial charge in [0.1, 0.15) is 5.60 Å². The van der Waals surface area contributed by atoms with E-state index in [1.807, 2.05) is 30.5 Å². The largest absolute Gasteiger partial charge is 0.444 e. The Bertz CT molecular complexity index is 1510. The summed E-state index contributed by atoms with van der Waals surface area (Å²) in [6.07, 6.45) is 6.55. The van der Waals surface area contributed by atoms with Gasteiger partial charge in [-0.05, 0) is 76.8 Å². The molecule has 1 fully saturated rings. The first kappa shape index (κ1) is 27.5. The Hall–Kier alpha value is -4.11. The molecule has 4 aromatic rings. The second-order valence-electron chi connectivity index (χ2n) is 11.0. The summed E-state index contributed by atoms with van der Waals surface area (Å²) in [5.41, 5.74) is 3.10. The maximum Gasteiger partial charge on any atom is 0.412 e. The van der Waals surface area contributed by atoms with Gasteiger partial charge in [-0.25, -0.2) is 14.8 Å². The average Bonchev–Trinajstić information content (AvgIpc) is 3.33. The third kappa shape index (κ3) is 6.71. The number of nitrogens with zero attached hydrogens (tertiary/aromatic N) is 2. The maximum atomic E-state index is 12.9. The summed E-state index contributed by atoms with van der Waals surface area (Å²) in [6, 6.07) is 14.9. The Morgan fingerprint density at radius 1 is 1.05 bits per heavy atom. The number of benzene rings is 2. The molecule has 1 unspecified atom stereocenters. The topological polar surface area (TPSA) is 121 Å². The second-order valence-corrected chi connectivity index (χ2v) is 11.4. The van der Waals surface area contributed by atoms with Crippen LogP contribution >= 0.6 is 11.6 Å². The van der Waals surface area contributed by atoms with Crippen LogP contribution in [-0.2, 0) is 4.74 Å². The van der Waals surface area contributed by atoms with Gasteiger partial charge in [0, 0.05) is 46.0 Å². The zero-order valence-electron chi connectivity index (χ0n) is 22.8. The summed E-state index contributed by atoms with van der Waals surface area (Å²) in [6.45, 7) is 5.41. The summed E-state index contributed by atoms with van der Waals surface area (Å²) in [5, 5.41) is 10.8. The number of carbonyl (C=O) groups is 2. The summed E-state index contributed by atoms with van der Waals surface area (Å²) in [4.78, 5) is 37.3. The van der Waals surface area contributed by atoms with E-state index in [1.54, 1.807) is 51.2 Å². The number of ether oxygens (including phenoxy) is 1. The summed E-state index contributed by atoms with van der Waals surface area (Å²) in [5.74, 6) is 0.355. The molecule has 0 aliphatic heterocycles. The van der Waals surface area contributed by atoms with Crippen molar-refractivity contribution >= 4 is 46.1 Å². The lowest BCUT2D eigenvalue weighted by Crippen LogP contribution is -2.42. The number of halogens is 1. The number of rotatable bonds is 6. The molecular weight excluding hydrogens is 528 g/mol. The van der Waals surface area contributed by atoms with Crippen LogP contribution in [0.1, 0.15) is 56.8 Å². The third-order valence-corrected chi connectivity index (χ3v) is 7.00. The summed E-state index contributed by atoms with van der Waals surface area (Å²) in [7, 11) is 0. The molecular formula is C30H33ClN6O3. The van der Waals surface area contributed by atoms with E-state index >= 15 is 0 Å². The van der Waals surface area contributed by atoms with E-state index < -0.39 is 11.7 Å². The number of aromatic nitrogens is 3. The Morgan fingerprint density at radius 2 is 1.80 bits per heavy atom. The molecule has 5 rings (SSSR count). The van der Waals surface area contributed by atoms with Gasteiger partial charge in [-0.1, -0.05) is 29.8 Å². The quantitative estimate of drug-likeness (QED) is 0.206. The zero-order valence-corrected chi connectivity index (χ0v) is 23.5. The van der Waals surface area contributed by atoms with Crippen LogP contribution in [0, 0.1) is 0 Å². The number of aromatic amines is 1. The van der Waals surface area contributed by atoms with Gasteiger partial charge in [0.15, 0.2) is 0 Å². The smallest absolute Gasteiger partial charge is 0.412 e.